The molecule has 0 saturated carbocycles. The number of hydrogen-bond donors (Lipinski definition) is 0. The van der Waals surface area contributed by atoms with E-state index < -0.39 is 23.1 Å². The zero-order valence-corrected chi connectivity index (χ0v) is 20.6. The maximum Gasteiger partial charge on any atom is 0.359 e. The van der Waals surface area contributed by atoms with Crippen LogP contribution in [0, 0.1) is 0 Å². The maximum atomic E-state index is 13.4. The SMILES string of the molecule is CCCCOc1c(C(=O)OC(C)(C)C)n(CCC(=O)OCC)c(=O)c2cc(Cl)c(Cl)cc12. The van der Waals surface area contributed by atoms with Gasteiger partial charge in [-0.05, 0) is 46.2 Å². The summed E-state index contributed by atoms with van der Waals surface area (Å²) in [5.74, 6) is -1.06. The molecule has 0 aliphatic carbocycles. The summed E-state index contributed by atoms with van der Waals surface area (Å²) in [6.07, 6.45) is 1.50. The normalized spacial score (nSPS) is 11.5. The van der Waals surface area contributed by atoms with Crippen molar-refractivity contribution in [3.63, 3.8) is 0 Å². The van der Waals surface area contributed by atoms with E-state index in [2.05, 4.69) is 0 Å². The fourth-order valence-electron chi connectivity index (χ4n) is 3.05. The van der Waals surface area contributed by atoms with Crippen LogP contribution in [-0.2, 0) is 20.8 Å². The third-order valence-electron chi connectivity index (χ3n) is 4.45. The van der Waals surface area contributed by atoms with Crippen LogP contribution in [0.4, 0.5) is 0 Å². The van der Waals surface area contributed by atoms with E-state index >= 15 is 0 Å². The van der Waals surface area contributed by atoms with Gasteiger partial charge in [-0.3, -0.25) is 14.2 Å². The Hall–Kier alpha value is -2.25. The number of rotatable bonds is 9. The fourth-order valence-corrected chi connectivity index (χ4v) is 3.38. The molecule has 0 amide bonds. The molecule has 0 saturated heterocycles. The van der Waals surface area contributed by atoms with E-state index in [1.165, 1.54) is 16.7 Å². The molecule has 1 aromatic heterocycles. The van der Waals surface area contributed by atoms with Crippen LogP contribution in [-0.4, -0.2) is 35.3 Å². The number of benzene rings is 1. The van der Waals surface area contributed by atoms with Gasteiger partial charge in [0.1, 0.15) is 5.60 Å². The first kappa shape index (κ1) is 26.0. The molecule has 32 heavy (non-hydrogen) atoms. The molecule has 0 aliphatic rings. The Morgan fingerprint density at radius 1 is 1.06 bits per heavy atom. The number of ether oxygens (including phenoxy) is 3. The number of pyridine rings is 1. The summed E-state index contributed by atoms with van der Waals surface area (Å²) in [5.41, 5.74) is -1.39. The molecule has 0 fully saturated rings. The highest BCUT2D eigenvalue weighted by atomic mass is 35.5. The largest absolute Gasteiger partial charge is 0.490 e. The first-order valence-corrected chi connectivity index (χ1v) is 11.3. The van der Waals surface area contributed by atoms with Crippen LogP contribution < -0.4 is 10.3 Å². The van der Waals surface area contributed by atoms with Crippen LogP contribution in [0.3, 0.4) is 0 Å². The van der Waals surface area contributed by atoms with Gasteiger partial charge in [0, 0.05) is 11.9 Å². The molecular weight excluding hydrogens is 457 g/mol. The predicted molar refractivity (Wildman–Crippen MR) is 125 cm³/mol. The molecule has 1 heterocycles. The smallest absolute Gasteiger partial charge is 0.359 e. The number of hydrogen-bond acceptors (Lipinski definition) is 6. The monoisotopic (exact) mass is 485 g/mol. The van der Waals surface area contributed by atoms with E-state index in [4.69, 9.17) is 37.4 Å². The molecule has 0 unspecified atom stereocenters. The van der Waals surface area contributed by atoms with E-state index in [-0.39, 0.29) is 46.4 Å². The second kappa shape index (κ2) is 11.1. The topological polar surface area (TPSA) is 83.8 Å². The van der Waals surface area contributed by atoms with E-state index in [0.717, 1.165) is 12.8 Å². The number of nitrogens with zero attached hydrogens (tertiary/aromatic N) is 1. The summed E-state index contributed by atoms with van der Waals surface area (Å²) in [7, 11) is 0. The molecule has 7 nitrogen and oxygen atoms in total. The second-order valence-corrected chi connectivity index (χ2v) is 9.02. The molecule has 0 radical (unpaired) electrons. The van der Waals surface area contributed by atoms with Crippen molar-refractivity contribution in [2.45, 2.75) is 66.0 Å². The predicted octanol–water partition coefficient (Wildman–Crippen LogP) is 5.40. The Kier molecular flexibility index (Phi) is 8.98. The molecule has 0 N–H and O–H groups in total. The van der Waals surface area contributed by atoms with Crippen molar-refractivity contribution in [3.8, 4) is 5.75 Å². The van der Waals surface area contributed by atoms with Crippen molar-refractivity contribution < 1.29 is 23.8 Å². The number of halogens is 2. The van der Waals surface area contributed by atoms with Gasteiger partial charge in [-0.15, -0.1) is 0 Å². The van der Waals surface area contributed by atoms with Crippen molar-refractivity contribution in [1.29, 1.82) is 0 Å². The number of carbonyl (C=O) groups excluding carboxylic acids is 2. The minimum atomic E-state index is -0.813. The summed E-state index contributed by atoms with van der Waals surface area (Å²) in [6.45, 7) is 9.31. The molecule has 0 aliphatic heterocycles. The number of fused-ring (bicyclic) bond motifs is 1. The highest BCUT2D eigenvalue weighted by molar-refractivity contribution is 6.42. The average Bonchev–Trinajstić information content (AvgIpc) is 2.69. The zero-order chi connectivity index (χ0) is 24.1. The van der Waals surface area contributed by atoms with E-state index in [0.29, 0.717) is 12.0 Å². The second-order valence-electron chi connectivity index (χ2n) is 8.21. The van der Waals surface area contributed by atoms with Gasteiger partial charge in [-0.25, -0.2) is 4.79 Å². The van der Waals surface area contributed by atoms with Gasteiger partial charge in [0.2, 0.25) is 0 Å². The summed E-state index contributed by atoms with van der Waals surface area (Å²) in [4.78, 5) is 38.6. The minimum absolute atomic E-state index is 0.0729. The lowest BCUT2D eigenvalue weighted by molar-refractivity contribution is -0.143. The molecule has 2 aromatic rings. The van der Waals surface area contributed by atoms with Crippen molar-refractivity contribution in [1.82, 2.24) is 4.57 Å². The summed E-state index contributed by atoms with van der Waals surface area (Å²) in [6, 6.07) is 2.94. The van der Waals surface area contributed by atoms with Crippen LogP contribution in [0.15, 0.2) is 16.9 Å². The van der Waals surface area contributed by atoms with Crippen LogP contribution in [0.25, 0.3) is 10.8 Å². The highest BCUT2D eigenvalue weighted by Crippen LogP contribution is 2.35. The van der Waals surface area contributed by atoms with Gasteiger partial charge < -0.3 is 14.2 Å². The van der Waals surface area contributed by atoms with Crippen LogP contribution in [0.1, 0.15) is 64.4 Å². The summed E-state index contributed by atoms with van der Waals surface area (Å²) in [5, 5.41) is 0.992. The lowest BCUT2D eigenvalue weighted by Gasteiger charge is -2.24. The van der Waals surface area contributed by atoms with E-state index in [9.17, 15) is 14.4 Å². The van der Waals surface area contributed by atoms with Gasteiger partial charge in [-0.2, -0.15) is 0 Å². The first-order valence-electron chi connectivity index (χ1n) is 10.6. The highest BCUT2D eigenvalue weighted by Gasteiger charge is 2.29. The number of aromatic nitrogens is 1. The van der Waals surface area contributed by atoms with Gasteiger partial charge in [0.15, 0.2) is 11.4 Å². The first-order chi connectivity index (χ1) is 15.0. The standard InChI is InChI=1S/C23H29Cl2NO6/c1-6-8-11-31-20-14-12-16(24)17(25)13-15(14)21(28)26(10-9-18(27)30-7-2)19(20)22(29)32-23(3,4)5/h12-13H,6-11H2,1-5H3. The lowest BCUT2D eigenvalue weighted by atomic mass is 10.1. The Balaban J connectivity index is 2.79. The summed E-state index contributed by atoms with van der Waals surface area (Å²) < 4.78 is 17.7. The van der Waals surface area contributed by atoms with Crippen LogP contribution in [0.2, 0.25) is 10.0 Å². The van der Waals surface area contributed by atoms with Gasteiger partial charge in [0.25, 0.3) is 5.56 Å². The lowest BCUT2D eigenvalue weighted by Crippen LogP contribution is -2.32. The molecule has 0 spiro atoms. The Bertz CT molecular complexity index is 1060. The van der Waals surface area contributed by atoms with Gasteiger partial charge in [0.05, 0.1) is 35.1 Å². The Morgan fingerprint density at radius 3 is 2.25 bits per heavy atom. The maximum absolute atomic E-state index is 13.4. The van der Waals surface area contributed by atoms with Gasteiger partial charge in [-0.1, -0.05) is 36.5 Å². The van der Waals surface area contributed by atoms with Gasteiger partial charge >= 0.3 is 11.9 Å². The van der Waals surface area contributed by atoms with Crippen molar-refractivity contribution in [3.05, 3.63) is 38.2 Å². The van der Waals surface area contributed by atoms with E-state index in [1.54, 1.807) is 27.7 Å². The average molecular weight is 486 g/mol. The van der Waals surface area contributed by atoms with Crippen molar-refractivity contribution >= 4 is 45.9 Å². The molecule has 9 heteroatoms. The Morgan fingerprint density at radius 2 is 1.69 bits per heavy atom. The molecular formula is C23H29Cl2NO6. The zero-order valence-electron chi connectivity index (χ0n) is 19.0. The third kappa shape index (κ3) is 6.39. The third-order valence-corrected chi connectivity index (χ3v) is 5.17. The molecule has 0 bridgehead atoms. The quantitative estimate of drug-likeness (QED) is 0.349. The number of esters is 2. The molecule has 0 atom stereocenters. The van der Waals surface area contributed by atoms with Crippen molar-refractivity contribution in [2.24, 2.45) is 0 Å². The molecule has 2 rings (SSSR count). The summed E-state index contributed by atoms with van der Waals surface area (Å²) >= 11 is 12.4. The molecule has 1 aromatic carbocycles. The molecule has 176 valence electrons. The van der Waals surface area contributed by atoms with E-state index in [1.807, 2.05) is 6.92 Å². The number of carbonyl (C=O) groups is 2. The van der Waals surface area contributed by atoms with Crippen molar-refractivity contribution in [2.75, 3.05) is 13.2 Å². The van der Waals surface area contributed by atoms with Crippen LogP contribution in [0.5, 0.6) is 5.75 Å². The van der Waals surface area contributed by atoms with Crippen LogP contribution >= 0.6 is 23.2 Å². The number of unbranched alkanes of at least 4 members (excludes halogenated alkanes) is 1. The minimum Gasteiger partial charge on any atom is -0.490 e. The fraction of sp³-hybridized carbons (Fsp3) is 0.522. The Labute approximate surface area is 197 Å².